The number of nitrogens with zero attached hydrogens (tertiary/aromatic N) is 2. The smallest absolute Gasteiger partial charge is 0.305 e. The summed E-state index contributed by atoms with van der Waals surface area (Å²) in [6, 6.07) is 21.0. The molecule has 5 heteroatoms. The number of esters is 1. The van der Waals surface area contributed by atoms with Crippen LogP contribution in [-0.4, -0.2) is 28.7 Å². The maximum atomic E-state index is 11.3. The highest BCUT2D eigenvalue weighted by Crippen LogP contribution is 2.28. The Balaban J connectivity index is 1.53. The van der Waals surface area contributed by atoms with E-state index in [-0.39, 0.29) is 5.97 Å². The van der Waals surface area contributed by atoms with E-state index in [0.717, 1.165) is 49.0 Å². The molecule has 30 heavy (non-hydrogen) atoms. The highest BCUT2D eigenvalue weighted by atomic mass is 16.5. The fourth-order valence-corrected chi connectivity index (χ4v) is 3.37. The van der Waals surface area contributed by atoms with Crippen molar-refractivity contribution in [3.63, 3.8) is 0 Å². The van der Waals surface area contributed by atoms with Crippen LogP contribution in [0.2, 0.25) is 0 Å². The van der Waals surface area contributed by atoms with E-state index in [2.05, 4.69) is 33.8 Å². The molecule has 0 unspecified atom stereocenters. The van der Waals surface area contributed by atoms with Gasteiger partial charge in [-0.15, -0.1) is 0 Å². The van der Waals surface area contributed by atoms with Crippen molar-refractivity contribution in [1.29, 1.82) is 0 Å². The van der Waals surface area contributed by atoms with Crippen molar-refractivity contribution < 1.29 is 14.3 Å². The molecule has 0 aliphatic heterocycles. The highest BCUT2D eigenvalue weighted by Gasteiger charge is 2.14. The van der Waals surface area contributed by atoms with Gasteiger partial charge < -0.3 is 9.47 Å². The zero-order valence-corrected chi connectivity index (χ0v) is 17.6. The van der Waals surface area contributed by atoms with Gasteiger partial charge in [0.1, 0.15) is 0 Å². The van der Waals surface area contributed by atoms with Crippen molar-refractivity contribution in [3.05, 3.63) is 66.9 Å². The van der Waals surface area contributed by atoms with Gasteiger partial charge in [-0.2, -0.15) is 0 Å². The summed E-state index contributed by atoms with van der Waals surface area (Å²) in [5, 5.41) is 0. The fourth-order valence-electron chi connectivity index (χ4n) is 3.37. The van der Waals surface area contributed by atoms with Gasteiger partial charge >= 0.3 is 12.0 Å². The number of aromatic nitrogens is 2. The van der Waals surface area contributed by atoms with E-state index in [1.807, 2.05) is 49.5 Å². The molecule has 0 N–H and O–H groups in total. The molecule has 0 radical (unpaired) electrons. The molecule has 0 bridgehead atoms. The number of benzene rings is 2. The maximum absolute atomic E-state index is 11.3. The Hall–Kier alpha value is -3.08. The second-order valence-corrected chi connectivity index (χ2v) is 7.13. The van der Waals surface area contributed by atoms with Crippen LogP contribution in [0.15, 0.2) is 66.9 Å². The summed E-state index contributed by atoms with van der Waals surface area (Å²) in [6.45, 7) is 2.92. The van der Waals surface area contributed by atoms with Crippen LogP contribution in [-0.2, 0) is 9.53 Å². The van der Waals surface area contributed by atoms with Gasteiger partial charge in [0.2, 0.25) is 0 Å². The van der Waals surface area contributed by atoms with Crippen LogP contribution < -0.4 is 4.74 Å². The minimum Gasteiger partial charge on any atom is -0.466 e. The third kappa shape index (κ3) is 6.21. The predicted molar refractivity (Wildman–Crippen MR) is 119 cm³/mol. The van der Waals surface area contributed by atoms with Gasteiger partial charge in [-0.25, -0.2) is 4.98 Å². The number of rotatable bonds is 12. The Morgan fingerprint density at radius 2 is 1.57 bits per heavy atom. The number of hydrogen-bond donors (Lipinski definition) is 0. The summed E-state index contributed by atoms with van der Waals surface area (Å²) < 4.78 is 13.1. The average molecular weight is 407 g/mol. The first-order valence-electron chi connectivity index (χ1n) is 10.8. The normalized spacial score (nSPS) is 10.7. The Morgan fingerprint density at radius 1 is 0.900 bits per heavy atom. The first-order valence-corrected chi connectivity index (χ1v) is 10.8. The lowest BCUT2D eigenvalue weighted by atomic mass is 10.1. The second-order valence-electron chi connectivity index (χ2n) is 7.13. The zero-order valence-electron chi connectivity index (χ0n) is 17.6. The Labute approximate surface area is 178 Å². The molecule has 0 saturated heterocycles. The summed E-state index contributed by atoms with van der Waals surface area (Å²) in [5.41, 5.74) is 3.14. The van der Waals surface area contributed by atoms with Crippen molar-refractivity contribution >= 4 is 5.97 Å². The van der Waals surface area contributed by atoms with E-state index in [1.165, 1.54) is 0 Å². The number of hydrogen-bond acceptors (Lipinski definition) is 4. The molecule has 0 spiro atoms. The molecule has 3 rings (SSSR count). The number of para-hydroxylation sites is 1. The maximum Gasteiger partial charge on any atom is 0.305 e. The number of ether oxygens (including phenoxy) is 2. The van der Waals surface area contributed by atoms with Crippen LogP contribution in [0.25, 0.3) is 16.9 Å². The molecular formula is C25H30N2O3. The predicted octanol–water partition coefficient (Wildman–Crippen LogP) is 5.82. The van der Waals surface area contributed by atoms with Crippen molar-refractivity contribution in [2.45, 2.75) is 45.4 Å². The standard InChI is InChI=1S/C25H30N2O3/c1-2-29-24(28)18-12-4-3-5-13-19-30-25-26-20-23(21-14-8-6-9-15-21)27(25)22-16-10-7-11-17-22/h6-11,14-17,20H,2-5,12-13,18-19H2,1H3. The van der Waals surface area contributed by atoms with Crippen LogP contribution in [0.5, 0.6) is 6.01 Å². The Morgan fingerprint density at radius 3 is 2.30 bits per heavy atom. The lowest BCUT2D eigenvalue weighted by Gasteiger charge is -2.12. The van der Waals surface area contributed by atoms with E-state index in [0.29, 0.717) is 25.6 Å². The van der Waals surface area contributed by atoms with Crippen molar-refractivity contribution in [1.82, 2.24) is 9.55 Å². The molecule has 158 valence electrons. The quantitative estimate of drug-likeness (QED) is 0.281. The molecular weight excluding hydrogens is 376 g/mol. The van der Waals surface area contributed by atoms with Crippen molar-refractivity contribution in [2.75, 3.05) is 13.2 Å². The lowest BCUT2D eigenvalue weighted by Crippen LogP contribution is -2.05. The second kappa shape index (κ2) is 11.8. The van der Waals surface area contributed by atoms with E-state index in [1.54, 1.807) is 0 Å². The van der Waals surface area contributed by atoms with Crippen LogP contribution in [0, 0.1) is 0 Å². The molecule has 3 aromatic rings. The van der Waals surface area contributed by atoms with E-state index < -0.39 is 0 Å². The summed E-state index contributed by atoms with van der Waals surface area (Å²) in [4.78, 5) is 15.9. The van der Waals surface area contributed by atoms with Crippen LogP contribution in [0.3, 0.4) is 0 Å². The van der Waals surface area contributed by atoms with Crippen molar-refractivity contribution in [3.8, 4) is 23.0 Å². The first kappa shape index (κ1) is 21.6. The lowest BCUT2D eigenvalue weighted by molar-refractivity contribution is -0.143. The third-order valence-corrected chi connectivity index (χ3v) is 4.88. The van der Waals surface area contributed by atoms with Gasteiger partial charge in [0.15, 0.2) is 0 Å². The van der Waals surface area contributed by atoms with Gasteiger partial charge in [0.05, 0.1) is 30.8 Å². The minimum absolute atomic E-state index is 0.0946. The summed E-state index contributed by atoms with van der Waals surface area (Å²) in [7, 11) is 0. The summed E-state index contributed by atoms with van der Waals surface area (Å²) >= 11 is 0. The molecule has 2 aromatic carbocycles. The molecule has 0 aliphatic rings. The number of unbranched alkanes of at least 4 members (excludes halogenated alkanes) is 4. The Bertz CT molecular complexity index is 891. The van der Waals surface area contributed by atoms with Crippen LogP contribution in [0.4, 0.5) is 0 Å². The van der Waals surface area contributed by atoms with E-state index in [4.69, 9.17) is 9.47 Å². The Kier molecular flexibility index (Phi) is 8.51. The number of carbonyl (C=O) groups excluding carboxylic acids is 1. The molecule has 0 amide bonds. The fraction of sp³-hybridized carbons (Fsp3) is 0.360. The molecule has 1 heterocycles. The number of imidazole rings is 1. The molecule has 0 fully saturated rings. The van der Waals surface area contributed by atoms with Gasteiger partial charge in [-0.05, 0) is 31.9 Å². The minimum atomic E-state index is -0.0946. The van der Waals surface area contributed by atoms with E-state index in [9.17, 15) is 4.79 Å². The zero-order chi connectivity index (χ0) is 21.0. The monoisotopic (exact) mass is 406 g/mol. The number of carbonyl (C=O) groups is 1. The first-order chi connectivity index (χ1) is 14.8. The topological polar surface area (TPSA) is 53.4 Å². The molecule has 1 aromatic heterocycles. The van der Waals surface area contributed by atoms with Gasteiger partial charge in [-0.1, -0.05) is 67.8 Å². The molecule has 0 atom stereocenters. The molecule has 0 saturated carbocycles. The van der Waals surface area contributed by atoms with Crippen LogP contribution >= 0.6 is 0 Å². The highest BCUT2D eigenvalue weighted by molar-refractivity contribution is 5.69. The summed E-state index contributed by atoms with van der Waals surface area (Å²) in [5.74, 6) is -0.0946. The third-order valence-electron chi connectivity index (χ3n) is 4.88. The largest absolute Gasteiger partial charge is 0.466 e. The summed E-state index contributed by atoms with van der Waals surface area (Å²) in [6.07, 6.45) is 7.43. The molecule has 0 aliphatic carbocycles. The van der Waals surface area contributed by atoms with Crippen molar-refractivity contribution in [2.24, 2.45) is 0 Å². The SMILES string of the molecule is CCOC(=O)CCCCCCCOc1ncc(-c2ccccc2)n1-c1ccccc1. The van der Waals surface area contributed by atoms with Gasteiger partial charge in [-0.3, -0.25) is 9.36 Å². The van der Waals surface area contributed by atoms with Gasteiger partial charge in [0, 0.05) is 12.0 Å². The van der Waals surface area contributed by atoms with Gasteiger partial charge in [0.25, 0.3) is 0 Å². The van der Waals surface area contributed by atoms with E-state index >= 15 is 0 Å². The average Bonchev–Trinajstić information content (AvgIpc) is 3.21. The molecule has 5 nitrogen and oxygen atoms in total. The van der Waals surface area contributed by atoms with Crippen LogP contribution in [0.1, 0.15) is 45.4 Å².